The van der Waals surface area contributed by atoms with E-state index in [2.05, 4.69) is 20.6 Å². The topological polar surface area (TPSA) is 67.8 Å². The molecule has 2 rings (SSSR count). The van der Waals surface area contributed by atoms with Crippen molar-refractivity contribution in [1.82, 2.24) is 15.6 Å². The molecule has 2 N–H and O–H groups in total. The summed E-state index contributed by atoms with van der Waals surface area (Å²) in [6.45, 7) is 1.86. The molecule has 0 bridgehead atoms. The Morgan fingerprint density at radius 1 is 1.29 bits per heavy atom. The summed E-state index contributed by atoms with van der Waals surface area (Å²) >= 11 is 0. The Morgan fingerprint density at radius 2 is 2.04 bits per heavy atom. The van der Waals surface area contributed by atoms with E-state index in [1.54, 1.807) is 14.2 Å². The van der Waals surface area contributed by atoms with Gasteiger partial charge < -0.3 is 20.1 Å². The van der Waals surface area contributed by atoms with Crippen LogP contribution in [0.5, 0.6) is 5.88 Å². The number of hydrogen-bond acceptors (Lipinski definition) is 4. The van der Waals surface area contributed by atoms with Gasteiger partial charge in [0, 0.05) is 33.5 Å². The SMILES string of the molecule is CN=C(NCCOc1ncccc1C(F)(F)F)NCC1(CCOC)CCC1.I. The Morgan fingerprint density at radius 3 is 2.61 bits per heavy atom. The lowest BCUT2D eigenvalue weighted by atomic mass is 9.67. The van der Waals surface area contributed by atoms with Crippen LogP contribution in [0, 0.1) is 5.41 Å². The first-order valence-electron chi connectivity index (χ1n) is 8.99. The minimum Gasteiger partial charge on any atom is -0.475 e. The monoisotopic (exact) mass is 516 g/mol. The Bertz CT molecular complexity index is 625. The Labute approximate surface area is 180 Å². The number of nitrogens with one attached hydrogen (secondary N) is 2. The van der Waals surface area contributed by atoms with Crippen LogP contribution >= 0.6 is 24.0 Å². The van der Waals surface area contributed by atoms with E-state index in [0.717, 1.165) is 38.5 Å². The highest BCUT2D eigenvalue weighted by atomic mass is 127. The molecule has 1 heterocycles. The van der Waals surface area contributed by atoms with E-state index in [4.69, 9.17) is 9.47 Å². The Balaban J connectivity index is 0.00000392. The van der Waals surface area contributed by atoms with Gasteiger partial charge in [0.1, 0.15) is 12.2 Å². The van der Waals surface area contributed by atoms with E-state index < -0.39 is 17.6 Å². The second-order valence-corrected chi connectivity index (χ2v) is 6.65. The van der Waals surface area contributed by atoms with Gasteiger partial charge in [-0.2, -0.15) is 13.2 Å². The third-order valence-electron chi connectivity index (χ3n) is 4.82. The van der Waals surface area contributed by atoms with E-state index in [-0.39, 0.29) is 36.0 Å². The van der Waals surface area contributed by atoms with Crippen LogP contribution in [0.3, 0.4) is 0 Å². The molecule has 1 aromatic heterocycles. The molecular weight excluding hydrogens is 488 g/mol. The minimum absolute atomic E-state index is 0. The van der Waals surface area contributed by atoms with E-state index in [1.165, 1.54) is 18.7 Å². The molecule has 0 aromatic carbocycles. The number of alkyl halides is 3. The van der Waals surface area contributed by atoms with Gasteiger partial charge in [-0.05, 0) is 36.8 Å². The maximum atomic E-state index is 12.9. The molecular formula is C18H28F3IN4O2. The van der Waals surface area contributed by atoms with Crippen LogP contribution in [0.25, 0.3) is 0 Å². The van der Waals surface area contributed by atoms with Crippen molar-refractivity contribution in [2.24, 2.45) is 10.4 Å². The number of nitrogens with zero attached hydrogens (tertiary/aromatic N) is 2. The molecule has 1 aliphatic carbocycles. The normalized spacial score (nSPS) is 16.0. The van der Waals surface area contributed by atoms with Crippen LogP contribution in [-0.2, 0) is 10.9 Å². The molecule has 28 heavy (non-hydrogen) atoms. The predicted molar refractivity (Wildman–Crippen MR) is 112 cm³/mol. The standard InChI is InChI=1S/C18H27F3N4O2.HI/c1-22-16(25-13-17(6-4-7-17)8-11-26-2)24-10-12-27-15-14(18(19,20)21)5-3-9-23-15;/h3,5,9H,4,6-8,10-13H2,1-2H3,(H2,22,24,25);1H. The molecule has 0 radical (unpaired) electrons. The van der Waals surface area contributed by atoms with Gasteiger partial charge in [-0.25, -0.2) is 4.98 Å². The number of aliphatic imine (C=N–C) groups is 1. The average molecular weight is 516 g/mol. The first-order valence-corrected chi connectivity index (χ1v) is 8.99. The van der Waals surface area contributed by atoms with Crippen LogP contribution in [0.2, 0.25) is 0 Å². The summed E-state index contributed by atoms with van der Waals surface area (Å²) in [6, 6.07) is 2.19. The van der Waals surface area contributed by atoms with Gasteiger partial charge >= 0.3 is 6.18 Å². The molecule has 1 fully saturated rings. The highest BCUT2D eigenvalue weighted by Gasteiger charge is 2.36. The molecule has 1 saturated carbocycles. The molecule has 0 unspecified atom stereocenters. The number of methoxy groups -OCH3 is 1. The maximum Gasteiger partial charge on any atom is 0.421 e. The van der Waals surface area contributed by atoms with Gasteiger partial charge in [0.05, 0.1) is 6.54 Å². The van der Waals surface area contributed by atoms with Crippen LogP contribution in [0.15, 0.2) is 23.3 Å². The molecule has 1 aromatic rings. The van der Waals surface area contributed by atoms with Gasteiger partial charge in [-0.1, -0.05) is 6.42 Å². The van der Waals surface area contributed by atoms with Crippen LogP contribution in [-0.4, -0.2) is 51.4 Å². The van der Waals surface area contributed by atoms with Gasteiger partial charge in [0.15, 0.2) is 5.96 Å². The summed E-state index contributed by atoms with van der Waals surface area (Å²) in [6.07, 6.45) is 1.31. The fraction of sp³-hybridized carbons (Fsp3) is 0.667. The Kier molecular flexibility index (Phi) is 10.3. The van der Waals surface area contributed by atoms with Gasteiger partial charge in [0.2, 0.25) is 5.88 Å². The van der Waals surface area contributed by atoms with Crippen molar-refractivity contribution in [2.75, 3.05) is 40.5 Å². The first-order chi connectivity index (χ1) is 12.9. The second kappa shape index (κ2) is 11.6. The molecule has 0 saturated heterocycles. The van der Waals surface area contributed by atoms with Crippen molar-refractivity contribution in [1.29, 1.82) is 0 Å². The highest BCUT2D eigenvalue weighted by molar-refractivity contribution is 14.0. The lowest BCUT2D eigenvalue weighted by Gasteiger charge is -2.42. The summed E-state index contributed by atoms with van der Waals surface area (Å²) in [7, 11) is 3.35. The van der Waals surface area contributed by atoms with Crippen molar-refractivity contribution in [2.45, 2.75) is 31.9 Å². The molecule has 0 spiro atoms. The fourth-order valence-electron chi connectivity index (χ4n) is 3.04. The summed E-state index contributed by atoms with van der Waals surface area (Å²) in [5.41, 5.74) is -0.641. The van der Waals surface area contributed by atoms with Gasteiger partial charge in [-0.3, -0.25) is 4.99 Å². The summed E-state index contributed by atoms with van der Waals surface area (Å²) < 4.78 is 49.1. The lowest BCUT2D eigenvalue weighted by Crippen LogP contribution is -2.47. The number of rotatable bonds is 9. The highest BCUT2D eigenvalue weighted by Crippen LogP contribution is 2.43. The van der Waals surface area contributed by atoms with Crippen molar-refractivity contribution in [3.63, 3.8) is 0 Å². The largest absolute Gasteiger partial charge is 0.475 e. The molecule has 6 nitrogen and oxygen atoms in total. The van der Waals surface area contributed by atoms with E-state index in [9.17, 15) is 13.2 Å². The van der Waals surface area contributed by atoms with Gasteiger partial charge in [0.25, 0.3) is 0 Å². The zero-order valence-corrected chi connectivity index (χ0v) is 18.5. The van der Waals surface area contributed by atoms with Crippen LogP contribution < -0.4 is 15.4 Å². The molecule has 0 atom stereocenters. The Hall–Kier alpha value is -1.30. The number of pyridine rings is 1. The molecule has 160 valence electrons. The predicted octanol–water partition coefficient (Wildman–Crippen LogP) is 3.47. The molecule has 10 heteroatoms. The second-order valence-electron chi connectivity index (χ2n) is 6.65. The fourth-order valence-corrected chi connectivity index (χ4v) is 3.04. The van der Waals surface area contributed by atoms with Crippen LogP contribution in [0.1, 0.15) is 31.2 Å². The zero-order chi connectivity index (χ0) is 19.8. The first kappa shape index (κ1) is 24.7. The molecule has 1 aliphatic rings. The molecule has 0 aliphatic heterocycles. The number of hydrogen-bond donors (Lipinski definition) is 2. The van der Waals surface area contributed by atoms with E-state index in [1.807, 2.05) is 0 Å². The van der Waals surface area contributed by atoms with E-state index >= 15 is 0 Å². The molecule has 0 amide bonds. The number of ether oxygens (including phenoxy) is 2. The van der Waals surface area contributed by atoms with Crippen molar-refractivity contribution in [3.05, 3.63) is 23.9 Å². The van der Waals surface area contributed by atoms with Crippen molar-refractivity contribution in [3.8, 4) is 5.88 Å². The average Bonchev–Trinajstić information content (AvgIpc) is 2.61. The third-order valence-corrected chi connectivity index (χ3v) is 4.82. The quantitative estimate of drug-likeness (QED) is 0.228. The minimum atomic E-state index is -4.49. The van der Waals surface area contributed by atoms with Crippen molar-refractivity contribution >= 4 is 29.9 Å². The van der Waals surface area contributed by atoms with Crippen molar-refractivity contribution < 1.29 is 22.6 Å². The summed E-state index contributed by atoms with van der Waals surface area (Å²) in [5, 5.41) is 6.34. The lowest BCUT2D eigenvalue weighted by molar-refractivity contribution is -0.139. The van der Waals surface area contributed by atoms with E-state index in [0.29, 0.717) is 12.5 Å². The third kappa shape index (κ3) is 7.26. The van der Waals surface area contributed by atoms with Crippen LogP contribution in [0.4, 0.5) is 13.2 Å². The maximum absolute atomic E-state index is 12.9. The number of halogens is 4. The number of aromatic nitrogens is 1. The number of guanidine groups is 1. The smallest absolute Gasteiger partial charge is 0.421 e. The summed E-state index contributed by atoms with van der Waals surface area (Å²) in [4.78, 5) is 7.81. The van der Waals surface area contributed by atoms with Gasteiger partial charge in [-0.15, -0.1) is 24.0 Å². The zero-order valence-electron chi connectivity index (χ0n) is 16.1. The summed E-state index contributed by atoms with van der Waals surface area (Å²) in [5.74, 6) is 0.182.